The molecule has 0 bridgehead atoms. The first-order valence-corrected chi connectivity index (χ1v) is 5.26. The zero-order valence-electron chi connectivity index (χ0n) is 5.78. The normalized spacial score (nSPS) is 11.8. The summed E-state index contributed by atoms with van der Waals surface area (Å²) in [5.41, 5.74) is 0. The molecular weight excluding hydrogens is 204 g/mol. The second-order valence-electron chi connectivity index (χ2n) is 1.82. The summed E-state index contributed by atoms with van der Waals surface area (Å²) in [6, 6.07) is 0. The Bertz CT molecular complexity index is 357. The maximum atomic E-state index is 10.4. The molecule has 0 saturated carbocycles. The molecule has 1 aromatic heterocycles. The lowest BCUT2D eigenvalue weighted by molar-refractivity contribution is 0.460. The number of aromatic nitrogens is 4. The largest absolute Gasteiger partial charge is 0.285 e. The van der Waals surface area contributed by atoms with Gasteiger partial charge in [-0.1, -0.05) is 11.8 Å². The minimum absolute atomic E-state index is 0.229. The number of nitrogens with zero attached hydrogens (tertiary/aromatic N) is 4. The molecule has 0 aromatic carbocycles. The van der Waals surface area contributed by atoms with Crippen LogP contribution in [-0.2, 0) is 16.0 Å². The average Bonchev–Trinajstić information content (AvgIpc) is 2.31. The van der Waals surface area contributed by atoms with Crippen LogP contribution in [-0.4, -0.2) is 33.2 Å². The highest BCUT2D eigenvalue weighted by molar-refractivity contribution is 8.00. The van der Waals surface area contributed by atoms with Gasteiger partial charge in [0.2, 0.25) is 5.16 Å². The molecule has 0 unspecified atom stereocenters. The van der Waals surface area contributed by atoms with Gasteiger partial charge in [0, 0.05) is 6.26 Å². The summed E-state index contributed by atoms with van der Waals surface area (Å²) in [4.78, 5) is 0. The second kappa shape index (κ2) is 3.37. The van der Waals surface area contributed by atoms with Crippen molar-refractivity contribution in [1.29, 1.82) is 0 Å². The van der Waals surface area contributed by atoms with Gasteiger partial charge in [-0.25, -0.2) is 4.68 Å². The summed E-state index contributed by atoms with van der Waals surface area (Å²) in [5, 5.41) is 10.2. The molecule has 0 aliphatic carbocycles. The van der Waals surface area contributed by atoms with Gasteiger partial charge in [-0.05, 0) is 10.4 Å². The first-order chi connectivity index (χ1) is 5.53. The molecular formula is C3H5N4O3S2. The van der Waals surface area contributed by atoms with Crippen LogP contribution in [0.2, 0.25) is 0 Å². The van der Waals surface area contributed by atoms with Crippen molar-refractivity contribution in [2.75, 3.05) is 0 Å². The van der Waals surface area contributed by atoms with E-state index in [9.17, 15) is 8.42 Å². The predicted octanol–water partition coefficient (Wildman–Crippen LogP) is -0.598. The zero-order valence-corrected chi connectivity index (χ0v) is 7.42. The molecule has 0 fully saturated rings. The molecule has 7 nitrogen and oxygen atoms in total. The summed E-state index contributed by atoms with van der Waals surface area (Å²) in [7, 11) is -4.10. The third-order valence-electron chi connectivity index (χ3n) is 0.914. The van der Waals surface area contributed by atoms with E-state index in [4.69, 9.17) is 4.55 Å². The van der Waals surface area contributed by atoms with Gasteiger partial charge in [-0.3, -0.25) is 4.55 Å². The van der Waals surface area contributed by atoms with Crippen molar-refractivity contribution >= 4 is 21.9 Å². The number of hydrogen-bond acceptors (Lipinski definition) is 6. The van der Waals surface area contributed by atoms with Crippen molar-refractivity contribution in [3.8, 4) is 0 Å². The van der Waals surface area contributed by atoms with Crippen molar-refractivity contribution < 1.29 is 13.0 Å². The van der Waals surface area contributed by atoms with E-state index in [1.54, 1.807) is 0 Å². The Kier molecular flexibility index (Phi) is 2.65. The highest BCUT2D eigenvalue weighted by atomic mass is 32.2. The van der Waals surface area contributed by atoms with Crippen LogP contribution in [0.3, 0.4) is 0 Å². The van der Waals surface area contributed by atoms with Crippen LogP contribution in [0.4, 0.5) is 0 Å². The quantitative estimate of drug-likeness (QED) is 0.524. The first-order valence-electron chi connectivity index (χ1n) is 2.66. The van der Waals surface area contributed by atoms with Gasteiger partial charge in [-0.15, -0.1) is 5.10 Å². The van der Waals surface area contributed by atoms with Gasteiger partial charge in [0.25, 0.3) is 10.1 Å². The second-order valence-corrected chi connectivity index (χ2v) is 3.89. The highest BCUT2D eigenvalue weighted by Gasteiger charge is 2.11. The highest BCUT2D eigenvalue weighted by Crippen LogP contribution is 2.10. The van der Waals surface area contributed by atoms with Crippen LogP contribution in [0.1, 0.15) is 0 Å². The van der Waals surface area contributed by atoms with Crippen LogP contribution in [0, 0.1) is 6.26 Å². The van der Waals surface area contributed by atoms with E-state index in [0.717, 1.165) is 16.4 Å². The van der Waals surface area contributed by atoms with Crippen LogP contribution in [0.5, 0.6) is 0 Å². The maximum Gasteiger partial charge on any atom is 0.285 e. The first kappa shape index (κ1) is 9.42. The van der Waals surface area contributed by atoms with Crippen LogP contribution < -0.4 is 0 Å². The van der Waals surface area contributed by atoms with Crippen LogP contribution >= 0.6 is 11.8 Å². The topological polar surface area (TPSA) is 98.0 Å². The van der Waals surface area contributed by atoms with E-state index in [1.807, 2.05) is 0 Å². The van der Waals surface area contributed by atoms with Gasteiger partial charge in [0.1, 0.15) is 0 Å². The molecule has 1 aromatic rings. The molecule has 1 radical (unpaired) electrons. The summed E-state index contributed by atoms with van der Waals surface area (Å²) >= 11 is 0.944. The van der Waals surface area contributed by atoms with Crippen LogP contribution in [0.15, 0.2) is 5.16 Å². The minimum atomic E-state index is -4.10. The SMILES string of the molecule is [CH2]Sc1nnnn1CS(=O)(=O)O. The van der Waals surface area contributed by atoms with Crippen molar-refractivity contribution in [2.24, 2.45) is 0 Å². The lowest BCUT2D eigenvalue weighted by atomic mass is 11.2. The molecule has 0 saturated heterocycles. The Hall–Kier alpha value is -0.670. The number of tetrazole rings is 1. The van der Waals surface area contributed by atoms with E-state index in [1.165, 1.54) is 0 Å². The maximum absolute atomic E-state index is 10.4. The Morgan fingerprint density at radius 1 is 1.67 bits per heavy atom. The van der Waals surface area contributed by atoms with E-state index >= 15 is 0 Å². The smallest absolute Gasteiger partial charge is 0.284 e. The molecule has 1 N–H and O–H groups in total. The van der Waals surface area contributed by atoms with Gasteiger partial charge < -0.3 is 0 Å². The van der Waals surface area contributed by atoms with Gasteiger partial charge in [0.05, 0.1) is 0 Å². The molecule has 0 aliphatic rings. The fourth-order valence-corrected chi connectivity index (χ4v) is 1.44. The fraction of sp³-hybridized carbons (Fsp3) is 0.333. The summed E-state index contributed by atoms with van der Waals surface area (Å²) < 4.78 is 30.1. The third-order valence-corrected chi connectivity index (χ3v) is 2.04. The fourth-order valence-electron chi connectivity index (χ4n) is 0.535. The monoisotopic (exact) mass is 209 g/mol. The van der Waals surface area contributed by atoms with Gasteiger partial charge in [-0.2, -0.15) is 8.42 Å². The molecule has 0 atom stereocenters. The third kappa shape index (κ3) is 2.43. The standard InChI is InChI=1S/C3H5N4O3S2/c1-11-3-4-5-6-7(3)2-12(8,9)10/h1-2H2,(H,8,9,10). The zero-order chi connectivity index (χ0) is 9.19. The molecule has 0 aliphatic heterocycles. The number of thioether (sulfide) groups is 1. The Morgan fingerprint density at radius 2 is 2.33 bits per heavy atom. The Balaban J connectivity index is 2.89. The predicted molar refractivity (Wildman–Crippen MR) is 40.6 cm³/mol. The molecule has 9 heteroatoms. The minimum Gasteiger partial charge on any atom is -0.284 e. The van der Waals surface area contributed by atoms with E-state index in [-0.39, 0.29) is 5.16 Å². The molecule has 0 spiro atoms. The van der Waals surface area contributed by atoms with Crippen molar-refractivity contribution in [2.45, 2.75) is 11.0 Å². The Labute approximate surface area is 72.9 Å². The van der Waals surface area contributed by atoms with Gasteiger partial charge in [0.15, 0.2) is 5.88 Å². The molecule has 1 rings (SSSR count). The van der Waals surface area contributed by atoms with E-state index in [2.05, 4.69) is 21.8 Å². The lowest BCUT2D eigenvalue weighted by Crippen LogP contribution is -2.11. The molecule has 1 heterocycles. The summed E-state index contributed by atoms with van der Waals surface area (Å²) in [6.07, 6.45) is 3.40. The average molecular weight is 209 g/mol. The van der Waals surface area contributed by atoms with Crippen molar-refractivity contribution in [3.05, 3.63) is 6.26 Å². The Morgan fingerprint density at radius 3 is 2.83 bits per heavy atom. The van der Waals surface area contributed by atoms with E-state index < -0.39 is 16.0 Å². The summed E-state index contributed by atoms with van der Waals surface area (Å²) in [6.45, 7) is 0. The molecule has 12 heavy (non-hydrogen) atoms. The van der Waals surface area contributed by atoms with Crippen molar-refractivity contribution in [1.82, 2.24) is 20.2 Å². The lowest BCUT2D eigenvalue weighted by Gasteiger charge is -1.97. The number of hydrogen-bond donors (Lipinski definition) is 1. The summed E-state index contributed by atoms with van der Waals surface area (Å²) in [5.74, 6) is -0.655. The van der Waals surface area contributed by atoms with Crippen LogP contribution in [0.25, 0.3) is 0 Å². The number of rotatable bonds is 3. The molecule has 67 valence electrons. The molecule has 0 amide bonds. The van der Waals surface area contributed by atoms with Crippen molar-refractivity contribution in [3.63, 3.8) is 0 Å². The van der Waals surface area contributed by atoms with Gasteiger partial charge >= 0.3 is 0 Å². The van der Waals surface area contributed by atoms with E-state index in [0.29, 0.717) is 0 Å².